The molecule has 23 heavy (non-hydrogen) atoms. The molecule has 0 bridgehead atoms. The smallest absolute Gasteiger partial charge is 0.192 e. The highest BCUT2D eigenvalue weighted by Gasteiger charge is 2.16. The van der Waals surface area contributed by atoms with Gasteiger partial charge in [0.2, 0.25) is 0 Å². The molecule has 126 valence electrons. The first-order valence-electron chi connectivity index (χ1n) is 7.60. The Morgan fingerprint density at radius 3 is 3.00 bits per heavy atom. The molecule has 1 aliphatic heterocycles. The Morgan fingerprint density at radius 2 is 2.26 bits per heavy atom. The lowest BCUT2D eigenvalue weighted by Gasteiger charge is -2.10. The second-order valence-corrected chi connectivity index (χ2v) is 6.52. The number of aryl methyl sites for hydroxylation is 2. The summed E-state index contributed by atoms with van der Waals surface area (Å²) in [5.41, 5.74) is 0. The summed E-state index contributed by atoms with van der Waals surface area (Å²) in [7, 11) is 0. The van der Waals surface area contributed by atoms with Gasteiger partial charge >= 0.3 is 0 Å². The Kier molecular flexibility index (Phi) is 6.75. The van der Waals surface area contributed by atoms with Crippen LogP contribution in [0.5, 0.6) is 0 Å². The standard InChI is InChI=1S/C14H21N7S.HI/c1-3-15-14(18-9-13-16-7-10(2)22-13)17-8-12-20-19-11-5-4-6-21(11)12;/h7H,3-6,8-9H2,1-2H3,(H2,15,17,18);1H. The lowest BCUT2D eigenvalue weighted by molar-refractivity contribution is 0.684. The van der Waals surface area contributed by atoms with Crippen LogP contribution in [-0.2, 0) is 26.1 Å². The van der Waals surface area contributed by atoms with Crippen LogP contribution in [0.4, 0.5) is 0 Å². The van der Waals surface area contributed by atoms with E-state index in [9.17, 15) is 0 Å². The van der Waals surface area contributed by atoms with E-state index in [4.69, 9.17) is 0 Å². The summed E-state index contributed by atoms with van der Waals surface area (Å²) in [5, 5.41) is 16.1. The number of nitrogens with zero attached hydrogens (tertiary/aromatic N) is 5. The molecule has 0 saturated heterocycles. The van der Waals surface area contributed by atoms with Crippen molar-refractivity contribution in [3.05, 3.63) is 27.7 Å². The summed E-state index contributed by atoms with van der Waals surface area (Å²) in [5.74, 6) is 2.81. The van der Waals surface area contributed by atoms with Crippen molar-refractivity contribution in [2.45, 2.75) is 46.3 Å². The van der Waals surface area contributed by atoms with E-state index in [1.807, 2.05) is 6.20 Å². The highest BCUT2D eigenvalue weighted by molar-refractivity contribution is 14.0. The molecule has 0 radical (unpaired) electrons. The van der Waals surface area contributed by atoms with Crippen LogP contribution in [0.3, 0.4) is 0 Å². The third-order valence-electron chi connectivity index (χ3n) is 3.49. The minimum Gasteiger partial charge on any atom is -0.357 e. The van der Waals surface area contributed by atoms with Crippen molar-refractivity contribution in [3.8, 4) is 0 Å². The van der Waals surface area contributed by atoms with Gasteiger partial charge in [0.1, 0.15) is 17.4 Å². The van der Waals surface area contributed by atoms with Crippen LogP contribution in [0.25, 0.3) is 0 Å². The molecular weight excluding hydrogens is 425 g/mol. The van der Waals surface area contributed by atoms with Crippen LogP contribution >= 0.6 is 35.3 Å². The zero-order valence-corrected chi connectivity index (χ0v) is 16.5. The van der Waals surface area contributed by atoms with Gasteiger partial charge in [-0.1, -0.05) is 0 Å². The molecule has 0 amide bonds. The fraction of sp³-hybridized carbons (Fsp3) is 0.571. The number of nitrogens with one attached hydrogen (secondary N) is 2. The summed E-state index contributed by atoms with van der Waals surface area (Å²) in [6, 6.07) is 0. The van der Waals surface area contributed by atoms with Gasteiger partial charge in [-0.2, -0.15) is 0 Å². The Hall–Kier alpha value is -1.23. The van der Waals surface area contributed by atoms with E-state index in [-0.39, 0.29) is 24.0 Å². The maximum Gasteiger partial charge on any atom is 0.192 e. The molecule has 3 rings (SSSR count). The number of hydrogen-bond acceptors (Lipinski definition) is 5. The fourth-order valence-corrected chi connectivity index (χ4v) is 3.19. The lowest BCUT2D eigenvalue weighted by Crippen LogP contribution is -2.36. The molecule has 0 aromatic carbocycles. The second-order valence-electron chi connectivity index (χ2n) is 5.20. The molecule has 0 aliphatic carbocycles. The summed E-state index contributed by atoms with van der Waals surface area (Å²) >= 11 is 1.70. The van der Waals surface area contributed by atoms with E-state index in [0.29, 0.717) is 13.1 Å². The number of aliphatic imine (C=N–C) groups is 1. The molecular formula is C14H22IN7S. The average Bonchev–Trinajstić information content (AvgIpc) is 3.19. The molecule has 0 atom stereocenters. The third-order valence-corrected chi connectivity index (χ3v) is 4.40. The zero-order chi connectivity index (χ0) is 15.4. The van der Waals surface area contributed by atoms with Crippen molar-refractivity contribution < 1.29 is 0 Å². The molecule has 0 fully saturated rings. The quantitative estimate of drug-likeness (QED) is 0.416. The largest absolute Gasteiger partial charge is 0.357 e. The highest BCUT2D eigenvalue weighted by Crippen LogP contribution is 2.14. The lowest BCUT2D eigenvalue weighted by atomic mass is 10.4. The minimum atomic E-state index is 0. The van der Waals surface area contributed by atoms with E-state index < -0.39 is 0 Å². The van der Waals surface area contributed by atoms with Crippen LogP contribution in [0.15, 0.2) is 11.2 Å². The average molecular weight is 447 g/mol. The number of rotatable bonds is 5. The van der Waals surface area contributed by atoms with Gasteiger partial charge in [0.25, 0.3) is 0 Å². The van der Waals surface area contributed by atoms with E-state index in [0.717, 1.165) is 48.5 Å². The van der Waals surface area contributed by atoms with Crippen molar-refractivity contribution in [1.29, 1.82) is 0 Å². The van der Waals surface area contributed by atoms with Crippen molar-refractivity contribution in [2.24, 2.45) is 4.99 Å². The Labute approximate surface area is 157 Å². The molecule has 2 aromatic rings. The van der Waals surface area contributed by atoms with E-state index in [1.54, 1.807) is 11.3 Å². The Morgan fingerprint density at radius 1 is 1.39 bits per heavy atom. The molecule has 2 N–H and O–H groups in total. The van der Waals surface area contributed by atoms with Gasteiger partial charge in [0.05, 0.1) is 6.54 Å². The Balaban J connectivity index is 0.00000192. The third kappa shape index (κ3) is 4.63. The summed E-state index contributed by atoms with van der Waals surface area (Å²) in [6.45, 7) is 7.17. The van der Waals surface area contributed by atoms with Crippen LogP contribution < -0.4 is 10.6 Å². The first kappa shape index (κ1) is 18.1. The monoisotopic (exact) mass is 447 g/mol. The molecule has 2 aromatic heterocycles. The molecule has 9 heteroatoms. The summed E-state index contributed by atoms with van der Waals surface area (Å²) < 4.78 is 2.18. The maximum absolute atomic E-state index is 4.60. The Bertz CT molecular complexity index is 664. The summed E-state index contributed by atoms with van der Waals surface area (Å²) in [4.78, 5) is 10.2. The predicted octanol–water partition coefficient (Wildman–Crippen LogP) is 1.86. The highest BCUT2D eigenvalue weighted by atomic mass is 127. The van der Waals surface area contributed by atoms with Gasteiger partial charge in [0.15, 0.2) is 11.8 Å². The molecule has 1 aliphatic rings. The van der Waals surface area contributed by atoms with Gasteiger partial charge in [-0.3, -0.25) is 0 Å². The van der Waals surface area contributed by atoms with Gasteiger partial charge < -0.3 is 15.2 Å². The molecule has 7 nitrogen and oxygen atoms in total. The number of thiazole rings is 1. The topological polar surface area (TPSA) is 80.0 Å². The minimum absolute atomic E-state index is 0. The first-order chi connectivity index (χ1) is 10.8. The van der Waals surface area contributed by atoms with Crippen LogP contribution in [-0.4, -0.2) is 32.3 Å². The molecule has 0 saturated carbocycles. The van der Waals surface area contributed by atoms with E-state index in [2.05, 4.69) is 49.2 Å². The van der Waals surface area contributed by atoms with Crippen LogP contribution in [0, 0.1) is 6.92 Å². The number of hydrogen-bond donors (Lipinski definition) is 2. The number of aromatic nitrogens is 4. The van der Waals surface area contributed by atoms with E-state index in [1.165, 1.54) is 4.88 Å². The zero-order valence-electron chi connectivity index (χ0n) is 13.4. The normalized spacial score (nSPS) is 13.6. The van der Waals surface area contributed by atoms with Crippen LogP contribution in [0.2, 0.25) is 0 Å². The van der Waals surface area contributed by atoms with Crippen molar-refractivity contribution in [2.75, 3.05) is 6.54 Å². The molecule has 0 spiro atoms. The number of halogens is 1. The van der Waals surface area contributed by atoms with Crippen molar-refractivity contribution in [1.82, 2.24) is 30.4 Å². The fourth-order valence-electron chi connectivity index (χ4n) is 2.46. The van der Waals surface area contributed by atoms with Crippen molar-refractivity contribution in [3.63, 3.8) is 0 Å². The van der Waals surface area contributed by atoms with Gasteiger partial charge in [-0.15, -0.1) is 45.5 Å². The van der Waals surface area contributed by atoms with Gasteiger partial charge in [0, 0.05) is 30.6 Å². The second kappa shape index (κ2) is 8.57. The van der Waals surface area contributed by atoms with E-state index >= 15 is 0 Å². The van der Waals surface area contributed by atoms with Crippen LogP contribution in [0.1, 0.15) is 34.9 Å². The van der Waals surface area contributed by atoms with Gasteiger partial charge in [-0.25, -0.2) is 9.98 Å². The first-order valence-corrected chi connectivity index (χ1v) is 8.42. The molecule has 3 heterocycles. The SMILES string of the molecule is CCNC(=NCc1nnc2n1CCC2)NCc1ncc(C)s1.I. The van der Waals surface area contributed by atoms with Gasteiger partial charge in [-0.05, 0) is 20.3 Å². The number of fused-ring (bicyclic) bond motifs is 1. The summed E-state index contributed by atoms with van der Waals surface area (Å²) in [6.07, 6.45) is 4.08. The van der Waals surface area contributed by atoms with Crippen molar-refractivity contribution >= 4 is 41.3 Å². The predicted molar refractivity (Wildman–Crippen MR) is 102 cm³/mol. The maximum atomic E-state index is 4.60. The molecule has 0 unspecified atom stereocenters. The number of guanidine groups is 1.